The number of ether oxygens (including phenoxy) is 1. The monoisotopic (exact) mass is 235 g/mol. The summed E-state index contributed by atoms with van der Waals surface area (Å²) in [5.41, 5.74) is 1.20. The highest BCUT2D eigenvalue weighted by molar-refractivity contribution is 5.04. The summed E-state index contributed by atoms with van der Waals surface area (Å²) in [5, 5.41) is 3.53. The minimum Gasteiger partial charge on any atom is -0.378 e. The van der Waals surface area contributed by atoms with E-state index in [1.54, 1.807) is 18.6 Å². The van der Waals surface area contributed by atoms with Gasteiger partial charge in [0.1, 0.15) is 0 Å². The number of nitrogens with zero attached hydrogens (tertiary/aromatic N) is 2. The molecule has 0 aromatic carbocycles. The molecule has 1 aromatic heterocycles. The first-order valence-electron chi connectivity index (χ1n) is 6.24. The fraction of sp³-hybridized carbons (Fsp3) is 0.692. The second kappa shape index (κ2) is 5.10. The molecule has 2 atom stereocenters. The van der Waals surface area contributed by atoms with E-state index in [1.165, 1.54) is 0 Å². The number of nitrogens with one attached hydrogen (secondary N) is 1. The molecule has 1 fully saturated rings. The molecule has 2 unspecified atom stereocenters. The van der Waals surface area contributed by atoms with Gasteiger partial charge in [0.2, 0.25) is 0 Å². The molecule has 0 saturated heterocycles. The van der Waals surface area contributed by atoms with Crippen molar-refractivity contribution < 1.29 is 4.74 Å². The molecule has 1 saturated carbocycles. The van der Waals surface area contributed by atoms with Crippen LogP contribution < -0.4 is 5.32 Å². The van der Waals surface area contributed by atoms with E-state index in [0.717, 1.165) is 25.3 Å². The Bertz CT molecular complexity index is 353. The third-order valence-corrected chi connectivity index (χ3v) is 3.69. The fourth-order valence-electron chi connectivity index (χ4n) is 2.36. The van der Waals surface area contributed by atoms with Crippen molar-refractivity contribution in [2.24, 2.45) is 5.41 Å². The van der Waals surface area contributed by atoms with Crippen LogP contribution >= 0.6 is 0 Å². The quantitative estimate of drug-likeness (QED) is 0.845. The Morgan fingerprint density at radius 1 is 1.47 bits per heavy atom. The van der Waals surface area contributed by atoms with Crippen LogP contribution in [0.3, 0.4) is 0 Å². The highest BCUT2D eigenvalue weighted by Crippen LogP contribution is 2.42. The van der Waals surface area contributed by atoms with E-state index in [4.69, 9.17) is 4.74 Å². The summed E-state index contributed by atoms with van der Waals surface area (Å²) in [7, 11) is 0. The van der Waals surface area contributed by atoms with Crippen molar-refractivity contribution in [2.75, 3.05) is 6.61 Å². The standard InChI is InChI=1S/C13H21N3O/c1-4-17-12-7-11(13(12,2)3)16-9-10-8-14-5-6-15-10/h5-6,8,11-12,16H,4,7,9H2,1-3H3. The van der Waals surface area contributed by atoms with Gasteiger partial charge in [-0.25, -0.2) is 0 Å². The topological polar surface area (TPSA) is 47.0 Å². The molecule has 4 nitrogen and oxygen atoms in total. The minimum atomic E-state index is 0.207. The third kappa shape index (κ3) is 2.64. The second-order valence-corrected chi connectivity index (χ2v) is 5.13. The van der Waals surface area contributed by atoms with Crippen LogP contribution in [-0.4, -0.2) is 28.7 Å². The maximum absolute atomic E-state index is 5.71. The lowest BCUT2D eigenvalue weighted by atomic mass is 9.64. The molecule has 1 N–H and O–H groups in total. The van der Waals surface area contributed by atoms with E-state index >= 15 is 0 Å². The smallest absolute Gasteiger partial charge is 0.0724 e. The van der Waals surface area contributed by atoms with Crippen molar-refractivity contribution in [3.8, 4) is 0 Å². The molecule has 2 rings (SSSR count). The molecule has 1 aliphatic rings. The number of aromatic nitrogens is 2. The summed E-state index contributed by atoms with van der Waals surface area (Å²) in [5.74, 6) is 0. The first kappa shape index (κ1) is 12.5. The van der Waals surface area contributed by atoms with Gasteiger partial charge in [0.05, 0.1) is 11.8 Å². The van der Waals surface area contributed by atoms with Crippen LogP contribution in [0.5, 0.6) is 0 Å². The van der Waals surface area contributed by atoms with Gasteiger partial charge in [-0.1, -0.05) is 13.8 Å². The lowest BCUT2D eigenvalue weighted by Gasteiger charge is -2.51. The molecule has 0 aliphatic heterocycles. The van der Waals surface area contributed by atoms with Crippen molar-refractivity contribution in [1.29, 1.82) is 0 Å². The van der Waals surface area contributed by atoms with Crippen LogP contribution in [0.25, 0.3) is 0 Å². The summed E-state index contributed by atoms with van der Waals surface area (Å²) in [6.07, 6.45) is 6.69. The molecule has 1 heterocycles. The molecular formula is C13H21N3O. The highest BCUT2D eigenvalue weighted by atomic mass is 16.5. The van der Waals surface area contributed by atoms with E-state index in [9.17, 15) is 0 Å². The molecule has 0 bridgehead atoms. The second-order valence-electron chi connectivity index (χ2n) is 5.13. The lowest BCUT2D eigenvalue weighted by Crippen LogP contribution is -2.60. The van der Waals surface area contributed by atoms with Crippen LogP contribution in [0.15, 0.2) is 18.6 Å². The number of rotatable bonds is 5. The van der Waals surface area contributed by atoms with E-state index in [1.807, 2.05) is 0 Å². The van der Waals surface area contributed by atoms with E-state index in [-0.39, 0.29) is 5.41 Å². The fourth-order valence-corrected chi connectivity index (χ4v) is 2.36. The summed E-state index contributed by atoms with van der Waals surface area (Å²) in [4.78, 5) is 8.32. The normalized spacial score (nSPS) is 26.5. The van der Waals surface area contributed by atoms with Gasteiger partial charge in [0.15, 0.2) is 0 Å². The van der Waals surface area contributed by atoms with Gasteiger partial charge in [-0.2, -0.15) is 0 Å². The SMILES string of the molecule is CCOC1CC(NCc2cnccn2)C1(C)C. The van der Waals surface area contributed by atoms with Gasteiger partial charge in [-0.05, 0) is 13.3 Å². The first-order valence-corrected chi connectivity index (χ1v) is 6.24. The Labute approximate surface area is 103 Å². The van der Waals surface area contributed by atoms with Crippen LogP contribution in [0.2, 0.25) is 0 Å². The van der Waals surface area contributed by atoms with Crippen molar-refractivity contribution in [2.45, 2.75) is 45.9 Å². The largest absolute Gasteiger partial charge is 0.378 e. The molecule has 1 aromatic rings. The molecule has 0 spiro atoms. The summed E-state index contributed by atoms with van der Waals surface area (Å²) in [6.45, 7) is 8.14. The van der Waals surface area contributed by atoms with Crippen molar-refractivity contribution in [1.82, 2.24) is 15.3 Å². The van der Waals surface area contributed by atoms with Crippen LogP contribution in [0.1, 0.15) is 32.9 Å². The zero-order valence-corrected chi connectivity index (χ0v) is 10.8. The molecule has 94 valence electrons. The maximum Gasteiger partial charge on any atom is 0.0724 e. The third-order valence-electron chi connectivity index (χ3n) is 3.69. The average molecular weight is 235 g/mol. The zero-order valence-electron chi connectivity index (χ0n) is 10.8. The predicted molar refractivity (Wildman–Crippen MR) is 66.5 cm³/mol. The molecule has 1 aliphatic carbocycles. The van der Waals surface area contributed by atoms with Crippen molar-refractivity contribution in [3.63, 3.8) is 0 Å². The number of hydrogen-bond acceptors (Lipinski definition) is 4. The van der Waals surface area contributed by atoms with Gasteiger partial charge in [-0.3, -0.25) is 9.97 Å². The summed E-state index contributed by atoms with van der Waals surface area (Å²) < 4.78 is 5.71. The van der Waals surface area contributed by atoms with Gasteiger partial charge in [0, 0.05) is 43.2 Å². The Morgan fingerprint density at radius 3 is 2.88 bits per heavy atom. The van der Waals surface area contributed by atoms with Crippen LogP contribution in [-0.2, 0) is 11.3 Å². The predicted octanol–water partition coefficient (Wildman–Crippen LogP) is 1.77. The van der Waals surface area contributed by atoms with Gasteiger partial charge in [0.25, 0.3) is 0 Å². The Morgan fingerprint density at radius 2 is 2.29 bits per heavy atom. The van der Waals surface area contributed by atoms with E-state index in [0.29, 0.717) is 12.1 Å². The van der Waals surface area contributed by atoms with Crippen LogP contribution in [0, 0.1) is 5.41 Å². The zero-order chi connectivity index (χ0) is 12.3. The molecule has 0 radical (unpaired) electrons. The van der Waals surface area contributed by atoms with Gasteiger partial charge >= 0.3 is 0 Å². The first-order chi connectivity index (χ1) is 8.14. The maximum atomic E-state index is 5.71. The Kier molecular flexibility index (Phi) is 3.74. The summed E-state index contributed by atoms with van der Waals surface area (Å²) in [6, 6.07) is 0.501. The summed E-state index contributed by atoms with van der Waals surface area (Å²) >= 11 is 0. The van der Waals surface area contributed by atoms with Gasteiger partial charge in [-0.15, -0.1) is 0 Å². The van der Waals surface area contributed by atoms with Gasteiger partial charge < -0.3 is 10.1 Å². The van der Waals surface area contributed by atoms with E-state index in [2.05, 4.69) is 36.1 Å². The lowest BCUT2D eigenvalue weighted by molar-refractivity contribution is -0.114. The van der Waals surface area contributed by atoms with Crippen molar-refractivity contribution in [3.05, 3.63) is 24.3 Å². The average Bonchev–Trinajstić information content (AvgIpc) is 2.34. The molecular weight excluding hydrogens is 214 g/mol. The number of hydrogen-bond donors (Lipinski definition) is 1. The molecule has 4 heteroatoms. The molecule has 17 heavy (non-hydrogen) atoms. The Balaban J connectivity index is 1.82. The Hall–Kier alpha value is -1.00. The minimum absolute atomic E-state index is 0.207. The van der Waals surface area contributed by atoms with Crippen LogP contribution in [0.4, 0.5) is 0 Å². The molecule has 0 amide bonds. The van der Waals surface area contributed by atoms with Crippen molar-refractivity contribution >= 4 is 0 Å². The highest BCUT2D eigenvalue weighted by Gasteiger charge is 2.48. The van der Waals surface area contributed by atoms with E-state index < -0.39 is 0 Å².